The molecule has 0 fully saturated rings. The van der Waals surface area contributed by atoms with Crippen LogP contribution in [-0.2, 0) is 16.1 Å². The number of aryl methyl sites for hydroxylation is 1. The third-order valence-corrected chi connectivity index (χ3v) is 4.59. The number of carboxylic acid groups (broad SMARTS) is 1. The molecule has 2 aromatic rings. The number of thioether (sulfide) groups is 1. The van der Waals surface area contributed by atoms with E-state index in [0.717, 1.165) is 31.1 Å². The lowest BCUT2D eigenvalue weighted by Gasteiger charge is -2.08. The fourth-order valence-corrected chi connectivity index (χ4v) is 3.22. The zero-order valence-corrected chi connectivity index (χ0v) is 15.1. The van der Waals surface area contributed by atoms with Crippen molar-refractivity contribution in [3.63, 3.8) is 0 Å². The number of nitrogens with zero attached hydrogens (tertiary/aromatic N) is 1. The Balaban J connectivity index is 1.82. The number of amides is 1. The number of carbonyl (C=O) groups excluding carboxylic acids is 2. The second-order valence-corrected chi connectivity index (χ2v) is 6.72. The first-order valence-electron chi connectivity index (χ1n) is 8.30. The second-order valence-electron chi connectivity index (χ2n) is 5.62. The predicted octanol–water partition coefficient (Wildman–Crippen LogP) is 2.28. The Labute approximate surface area is 156 Å². The number of benzene rings is 1. The Morgan fingerprint density at radius 1 is 1.00 bits per heavy atom. The summed E-state index contributed by atoms with van der Waals surface area (Å²) in [5.74, 6) is -1.61. The van der Waals surface area contributed by atoms with Gasteiger partial charge in [0.25, 0.3) is 5.91 Å². The van der Waals surface area contributed by atoms with Gasteiger partial charge in [0.1, 0.15) is 13.1 Å². The Kier molecular flexibility index (Phi) is 7.82. The minimum atomic E-state index is -1.11. The van der Waals surface area contributed by atoms with Crippen molar-refractivity contribution in [2.24, 2.45) is 0 Å². The maximum absolute atomic E-state index is 12.2. The zero-order chi connectivity index (χ0) is 18.8. The van der Waals surface area contributed by atoms with Crippen molar-refractivity contribution in [1.82, 2.24) is 5.32 Å². The molecule has 26 heavy (non-hydrogen) atoms. The van der Waals surface area contributed by atoms with Gasteiger partial charge in [0, 0.05) is 29.9 Å². The molecule has 2 rings (SSSR count). The minimum Gasteiger partial charge on any atom is -0.480 e. The number of aliphatic carboxylic acids is 1. The lowest BCUT2D eigenvalue weighted by molar-refractivity contribution is -0.697. The van der Waals surface area contributed by atoms with Gasteiger partial charge in [-0.15, -0.1) is 0 Å². The molecule has 1 aromatic heterocycles. The van der Waals surface area contributed by atoms with E-state index in [4.69, 9.17) is 5.11 Å². The highest BCUT2D eigenvalue weighted by Gasteiger charge is 2.15. The molecule has 0 saturated carbocycles. The smallest absolute Gasteiger partial charge is 0.322 e. The van der Waals surface area contributed by atoms with Crippen LogP contribution in [0.15, 0.2) is 59.8 Å². The van der Waals surface area contributed by atoms with Crippen molar-refractivity contribution in [3.05, 3.63) is 60.4 Å². The summed E-state index contributed by atoms with van der Waals surface area (Å²) in [6, 6.07) is 12.6. The van der Waals surface area contributed by atoms with E-state index in [2.05, 4.69) is 9.88 Å². The summed E-state index contributed by atoms with van der Waals surface area (Å²) >= 11 is 1.03. The van der Waals surface area contributed by atoms with Crippen LogP contribution >= 0.6 is 11.8 Å². The molecule has 0 radical (unpaired) electrons. The molecule has 136 valence electrons. The molecule has 0 aliphatic carbocycles. The maximum Gasteiger partial charge on any atom is 0.322 e. The molecule has 0 atom stereocenters. The first-order valence-corrected chi connectivity index (χ1v) is 9.11. The van der Waals surface area contributed by atoms with Gasteiger partial charge in [0.2, 0.25) is 0 Å². The average Bonchev–Trinajstić information content (AvgIpc) is 2.64. The van der Waals surface area contributed by atoms with Crippen molar-refractivity contribution in [1.29, 1.82) is 0 Å². The van der Waals surface area contributed by atoms with E-state index in [-0.39, 0.29) is 5.12 Å². The van der Waals surface area contributed by atoms with E-state index >= 15 is 0 Å². The normalized spacial score (nSPS) is 10.3. The molecule has 6 nitrogen and oxygen atoms in total. The highest BCUT2D eigenvalue weighted by atomic mass is 32.2. The molecular weight excluding hydrogens is 352 g/mol. The van der Waals surface area contributed by atoms with Crippen LogP contribution in [0, 0.1) is 0 Å². The van der Waals surface area contributed by atoms with Gasteiger partial charge in [-0.25, -0.2) is 4.57 Å². The van der Waals surface area contributed by atoms with Gasteiger partial charge in [-0.2, -0.15) is 0 Å². The van der Waals surface area contributed by atoms with E-state index in [1.54, 1.807) is 24.3 Å². The van der Waals surface area contributed by atoms with Crippen LogP contribution in [0.25, 0.3) is 0 Å². The minimum absolute atomic E-state index is 0.0125. The zero-order valence-electron chi connectivity index (χ0n) is 14.3. The van der Waals surface area contributed by atoms with Gasteiger partial charge < -0.3 is 10.4 Å². The summed E-state index contributed by atoms with van der Waals surface area (Å²) in [6.07, 6.45) is 6.05. The van der Waals surface area contributed by atoms with Gasteiger partial charge >= 0.3 is 5.97 Å². The molecule has 0 unspecified atom stereocenters. The molecule has 0 spiro atoms. The summed E-state index contributed by atoms with van der Waals surface area (Å²) in [4.78, 5) is 35.4. The van der Waals surface area contributed by atoms with Crippen LogP contribution < -0.4 is 9.88 Å². The van der Waals surface area contributed by atoms with Gasteiger partial charge in [-0.05, 0) is 18.6 Å². The van der Waals surface area contributed by atoms with E-state index in [0.29, 0.717) is 16.9 Å². The lowest BCUT2D eigenvalue weighted by atomic mass is 10.2. The van der Waals surface area contributed by atoms with Gasteiger partial charge in [-0.1, -0.05) is 30.0 Å². The number of nitrogens with one attached hydrogen (secondary N) is 1. The van der Waals surface area contributed by atoms with Crippen LogP contribution in [0.5, 0.6) is 0 Å². The molecule has 2 N–H and O–H groups in total. The Morgan fingerprint density at radius 3 is 2.46 bits per heavy atom. The van der Waals surface area contributed by atoms with E-state index in [1.807, 2.05) is 30.6 Å². The van der Waals surface area contributed by atoms with Gasteiger partial charge in [0.15, 0.2) is 17.5 Å². The molecule has 1 aromatic carbocycles. The van der Waals surface area contributed by atoms with E-state index in [1.165, 1.54) is 0 Å². The number of unbranched alkanes of at least 4 members (excludes halogenated alkanes) is 1. The molecule has 7 heteroatoms. The summed E-state index contributed by atoms with van der Waals surface area (Å²) in [5.41, 5.74) is 0.312. The Hall–Kier alpha value is -2.67. The van der Waals surface area contributed by atoms with Crippen molar-refractivity contribution in [3.8, 4) is 0 Å². The lowest BCUT2D eigenvalue weighted by Crippen LogP contribution is -2.32. The molecule has 0 aliphatic heterocycles. The highest BCUT2D eigenvalue weighted by molar-refractivity contribution is 8.13. The number of aromatic nitrogens is 1. The number of hydrogen-bond donors (Lipinski definition) is 2. The fourth-order valence-electron chi connectivity index (χ4n) is 2.32. The number of carbonyl (C=O) groups is 3. The largest absolute Gasteiger partial charge is 0.480 e. The maximum atomic E-state index is 12.2. The summed E-state index contributed by atoms with van der Waals surface area (Å²) in [7, 11) is 0. The molecule has 1 heterocycles. The number of pyridine rings is 1. The second kappa shape index (κ2) is 10.4. The van der Waals surface area contributed by atoms with Crippen molar-refractivity contribution in [2.45, 2.75) is 30.7 Å². The monoisotopic (exact) mass is 373 g/mol. The SMILES string of the molecule is O=C(O)CNC(=O)c1ccccc1SC(=O)CCCC[n+]1ccccc1. The van der Waals surface area contributed by atoms with Crippen LogP contribution in [0.1, 0.15) is 29.6 Å². The van der Waals surface area contributed by atoms with Crippen LogP contribution in [-0.4, -0.2) is 28.6 Å². The molecular formula is C19H21N2O4S+. The first-order chi connectivity index (χ1) is 12.6. The third-order valence-electron chi connectivity index (χ3n) is 3.58. The molecule has 1 amide bonds. The number of hydrogen-bond acceptors (Lipinski definition) is 4. The average molecular weight is 373 g/mol. The predicted molar refractivity (Wildman–Crippen MR) is 97.8 cm³/mol. The summed E-state index contributed by atoms with van der Waals surface area (Å²) < 4.78 is 2.07. The Morgan fingerprint density at radius 2 is 1.73 bits per heavy atom. The van der Waals surface area contributed by atoms with E-state index in [9.17, 15) is 14.4 Å². The highest BCUT2D eigenvalue weighted by Crippen LogP contribution is 2.25. The number of rotatable bonds is 9. The molecule has 0 bridgehead atoms. The summed E-state index contributed by atoms with van der Waals surface area (Å²) in [6.45, 7) is 0.399. The molecule has 0 aliphatic rings. The topological polar surface area (TPSA) is 87.3 Å². The quantitative estimate of drug-likeness (QED) is 0.400. The van der Waals surface area contributed by atoms with Crippen LogP contribution in [0.3, 0.4) is 0 Å². The van der Waals surface area contributed by atoms with Crippen LogP contribution in [0.2, 0.25) is 0 Å². The van der Waals surface area contributed by atoms with Crippen molar-refractivity contribution in [2.75, 3.05) is 6.54 Å². The fraction of sp³-hybridized carbons (Fsp3) is 0.263. The molecule has 0 saturated heterocycles. The third kappa shape index (κ3) is 6.68. The summed E-state index contributed by atoms with van der Waals surface area (Å²) in [5, 5.41) is 11.0. The van der Waals surface area contributed by atoms with Crippen molar-refractivity contribution < 1.29 is 24.1 Å². The Bertz CT molecular complexity index is 765. The number of carboxylic acids is 1. The standard InChI is InChI=1S/C19H20N2O4S/c22-17(23)14-20-19(25)15-8-2-3-9-16(15)26-18(24)10-4-7-13-21-11-5-1-6-12-21/h1-3,5-6,8-9,11-12H,4,7,10,13-14H2,(H-,20,22,23,25)/p+1. The van der Waals surface area contributed by atoms with Gasteiger partial charge in [-0.3, -0.25) is 14.4 Å². The van der Waals surface area contributed by atoms with Crippen molar-refractivity contribution >= 4 is 28.8 Å². The van der Waals surface area contributed by atoms with Crippen LogP contribution in [0.4, 0.5) is 0 Å². The van der Waals surface area contributed by atoms with E-state index < -0.39 is 18.4 Å². The first kappa shape index (κ1) is 19.7. The van der Waals surface area contributed by atoms with Gasteiger partial charge in [0.05, 0.1) is 5.56 Å².